The van der Waals surface area contributed by atoms with E-state index in [-0.39, 0.29) is 91.5 Å². The molecule has 0 aliphatic carbocycles. The Bertz CT molecular complexity index is 6500. The number of fused-ring (bicyclic) bond motifs is 12. The smallest absolute Gasteiger partial charge is 0.411 e. The van der Waals surface area contributed by atoms with E-state index in [1.54, 1.807) is 139 Å². The predicted molar refractivity (Wildman–Crippen MR) is 526 cm³/mol. The highest BCUT2D eigenvalue weighted by Gasteiger charge is 2.59. The molecule has 12 heterocycles. The van der Waals surface area contributed by atoms with E-state index in [1.165, 1.54) is 75.7 Å². The van der Waals surface area contributed by atoms with E-state index in [4.69, 9.17) is 89.5 Å². The van der Waals surface area contributed by atoms with Gasteiger partial charge in [0, 0.05) is 112 Å². The van der Waals surface area contributed by atoms with Crippen LogP contribution in [0.25, 0.3) is 43.6 Å². The summed E-state index contributed by atoms with van der Waals surface area (Å²) in [5.41, 5.74) is 3.14. The Balaban J connectivity index is 0.000000170. The van der Waals surface area contributed by atoms with Crippen molar-refractivity contribution < 1.29 is 158 Å². The number of benzene rings is 4. The van der Waals surface area contributed by atoms with Crippen LogP contribution < -0.4 is 28.4 Å². The maximum Gasteiger partial charge on any atom is 0.411 e. The maximum absolute atomic E-state index is 13.1. The third kappa shape index (κ3) is 25.1. The van der Waals surface area contributed by atoms with Crippen LogP contribution in [0.3, 0.4) is 0 Å². The van der Waals surface area contributed by atoms with Crippen molar-refractivity contribution in [3.05, 3.63) is 148 Å². The van der Waals surface area contributed by atoms with Crippen molar-refractivity contribution in [2.24, 2.45) is 0 Å². The first-order valence-corrected chi connectivity index (χ1v) is 48.7. The number of nitrogens with zero attached hydrogens (tertiary/aromatic N) is 8. The second kappa shape index (κ2) is 44.4. The number of hydrogen-bond acceptors (Lipinski definition) is 35. The van der Waals surface area contributed by atoms with Gasteiger partial charge in [-0.25, -0.2) is 48.3 Å². The average molecular weight is 2090 g/mol. The summed E-state index contributed by atoms with van der Waals surface area (Å²) >= 11 is 13.2. The molecule has 8 atom stereocenters. The van der Waals surface area contributed by atoms with E-state index in [0.717, 1.165) is 48.1 Å². The number of carbonyl (C=O) groups is 12. The van der Waals surface area contributed by atoms with E-state index in [1.807, 2.05) is 18.2 Å². The Morgan fingerprint density at radius 1 is 0.401 bits per heavy atom. The lowest BCUT2D eigenvalue weighted by molar-refractivity contribution is -0.585. The number of carbonyl (C=O) groups excluding carboxylic acids is 12. The average Bonchev–Trinajstić information content (AvgIpc) is 1.65. The molecule has 43 heteroatoms. The molecule has 0 saturated carbocycles. The normalized spacial score (nSPS) is 20.9. The SMILES string of the molecule is CC(=O)OC(C)=O.COC(=O)[C@@H]1CC2(CCc3c(c(C)[n+]([O-])c4ccc(CO)c(Cl)c34)O2)CN1C(=O)OC(C)(C)C.COC(=O)[C@@H]1CC2(CCc3c(c(C)[n+]([O-])c4ccc(CO)cc34)O2)CN1C(=O)OC(C)(C)C.COC(=O)[C@@H]1CC2(CCc3c(c(COC(C)=O)nc4ccc(CO)c(Cl)c34)O2)CN1C(=O)OC(C)(C)C.COC(=O)[C@@H]1CC2(CCc3c(c(COC(C)=O)nc4ccc(CO)cc34)O2)CN1C(=O)OC(C)(C)C. The van der Waals surface area contributed by atoms with E-state index in [0.29, 0.717) is 157 Å². The lowest BCUT2D eigenvalue weighted by Crippen LogP contribution is -2.46. The highest BCUT2D eigenvalue weighted by atomic mass is 35.5. The molecular weight excluding hydrogens is 1960 g/mol. The van der Waals surface area contributed by atoms with Gasteiger partial charge < -0.3 is 102 Å². The Kier molecular flexibility index (Phi) is 34.0. The molecule has 147 heavy (non-hydrogen) atoms. The fourth-order valence-corrected chi connectivity index (χ4v) is 20.2. The molecule has 4 spiro atoms. The molecule has 0 bridgehead atoms. The number of aryl methyl sites for hydroxylation is 4. The number of aromatic nitrogens is 4. The standard InChI is InChI=1S/C26H31ClN2O8.C26H32N2O8.C24H29ClN2O7.C24H30N2O7.C4H6O3/c1-14(31)35-12-18-22-16(20-17(28-18)7-6-15(11-30)21(20)27)8-9-26(36-22)10-19(23(32)34-5)29(13-26)24(33)37-25(2,3)4;1-15(30)34-13-20-22-17(18-10-16(12-29)6-7-19(18)27-20)8-9-26(35-22)11-21(23(31)33-5)28(14-26)24(32)36-25(2,3)4;1-13-20-15(18-16(27(13)31)7-6-14(11-28)19(18)25)8-9-24(33-20)10-17(21(29)32-5)26(12-24)22(30)34-23(2,3)4;1-14-20-16(17-10-15(12-27)6-7-18(17)26(14)30)8-9-24(32-20)11-19(21(28)31-5)25(13-24)22(29)33-23(2,3)4;1-3(5)7-4(2)6/h6-7,19,30H,8-13H2,1-5H3;6-7,10,21,29H,8-9,11-14H2,1-5H3;6-7,17,28H,8-12H2,1-5H3;6-7,10,19,27H,8-9,11-13H2,1-5H3;1-2H3/t19-,26?;21-,26?;17-,24?;19-,24?;/m0000./s1. The molecule has 4 fully saturated rings. The van der Waals surface area contributed by atoms with Crippen molar-refractivity contribution in [3.8, 4) is 23.0 Å². The minimum atomic E-state index is -0.926. The third-order valence-electron chi connectivity index (χ3n) is 26.0. The molecule has 4 unspecified atom stereocenters. The Morgan fingerprint density at radius 2 is 0.701 bits per heavy atom. The molecule has 4 aromatic carbocycles. The number of methoxy groups -OCH3 is 4. The number of ether oxygens (including phenoxy) is 15. The van der Waals surface area contributed by atoms with Gasteiger partial charge in [-0.15, -0.1) is 0 Å². The van der Waals surface area contributed by atoms with Crippen LogP contribution in [-0.2, 0) is 156 Å². The highest BCUT2D eigenvalue weighted by Crippen LogP contribution is 2.52. The van der Waals surface area contributed by atoms with Crippen molar-refractivity contribution in [3.63, 3.8) is 0 Å². The van der Waals surface area contributed by atoms with Gasteiger partial charge in [-0.2, -0.15) is 9.46 Å². The lowest BCUT2D eigenvalue weighted by atomic mass is 9.87. The van der Waals surface area contributed by atoms with Crippen LogP contribution in [-0.4, -0.2) is 246 Å². The van der Waals surface area contributed by atoms with E-state index < -0.39 is 141 Å². The molecule has 4 N–H and O–H groups in total. The number of aliphatic hydroxyl groups is 4. The first kappa shape index (κ1) is 113. The van der Waals surface area contributed by atoms with Gasteiger partial charge in [0.25, 0.3) is 0 Å². The number of esters is 8. The minimum absolute atomic E-state index is 0.0817. The lowest BCUT2D eigenvalue weighted by Gasteiger charge is -2.37. The molecule has 4 saturated heterocycles. The topological polar surface area (TPSA) is 517 Å². The summed E-state index contributed by atoms with van der Waals surface area (Å²) in [6, 6.07) is 14.0. The number of hydrogen-bond donors (Lipinski definition) is 4. The van der Waals surface area contributed by atoms with Crippen LogP contribution in [0.15, 0.2) is 60.7 Å². The van der Waals surface area contributed by atoms with Gasteiger partial charge in [0.1, 0.15) is 105 Å². The Labute approximate surface area is 858 Å². The molecule has 16 rings (SSSR count). The molecule has 796 valence electrons. The van der Waals surface area contributed by atoms with Crippen LogP contribution in [0.5, 0.6) is 23.0 Å². The molecule has 0 radical (unpaired) electrons. The van der Waals surface area contributed by atoms with Crippen molar-refractivity contribution in [1.82, 2.24) is 29.6 Å². The molecule has 4 aromatic heterocycles. The number of amides is 4. The van der Waals surface area contributed by atoms with E-state index in [2.05, 4.69) is 14.7 Å². The van der Waals surface area contributed by atoms with Gasteiger partial charge in [-0.3, -0.25) is 38.8 Å². The maximum atomic E-state index is 13.1. The molecule has 8 aromatic rings. The molecule has 4 amide bonds. The molecular formula is C104H128Cl2N8O33. The number of likely N-dealkylation sites (tertiary alicyclic amines) is 4. The zero-order valence-electron chi connectivity index (χ0n) is 86.6. The van der Waals surface area contributed by atoms with Crippen molar-refractivity contribution in [1.29, 1.82) is 0 Å². The van der Waals surface area contributed by atoms with Gasteiger partial charge in [-0.05, 0) is 187 Å². The molecule has 41 nitrogen and oxygen atoms in total. The van der Waals surface area contributed by atoms with Crippen molar-refractivity contribution in [2.45, 2.75) is 310 Å². The van der Waals surface area contributed by atoms with Crippen LogP contribution in [0, 0.1) is 24.3 Å². The van der Waals surface area contributed by atoms with Crippen LogP contribution in [0.4, 0.5) is 19.2 Å². The first-order valence-electron chi connectivity index (χ1n) is 47.9. The summed E-state index contributed by atoms with van der Waals surface area (Å²) in [4.78, 5) is 160. The summed E-state index contributed by atoms with van der Waals surface area (Å²) in [7, 11) is 5.11. The Morgan fingerprint density at radius 3 is 1.05 bits per heavy atom. The van der Waals surface area contributed by atoms with Crippen molar-refractivity contribution in [2.75, 3.05) is 54.6 Å². The first-order chi connectivity index (χ1) is 68.8. The second-order valence-corrected chi connectivity index (χ2v) is 42.3. The zero-order chi connectivity index (χ0) is 108. The van der Waals surface area contributed by atoms with Gasteiger partial charge in [-0.1, -0.05) is 41.4 Å². The van der Waals surface area contributed by atoms with Gasteiger partial charge in [0.2, 0.25) is 22.4 Å². The molecule has 8 aliphatic heterocycles. The largest absolute Gasteiger partial charge is 0.618 e. The van der Waals surface area contributed by atoms with Crippen molar-refractivity contribution >= 4 is 139 Å². The number of aliphatic hydroxyl groups excluding tert-OH is 4. The summed E-state index contributed by atoms with van der Waals surface area (Å²) < 4.78 is 84.2. The molecule has 8 aliphatic rings. The van der Waals surface area contributed by atoms with Crippen LogP contribution in [0.2, 0.25) is 10.0 Å². The number of halogens is 2. The zero-order valence-corrected chi connectivity index (χ0v) is 88.1. The fourth-order valence-electron chi connectivity index (χ4n) is 19.6. The summed E-state index contributed by atoms with van der Waals surface area (Å²) in [6.07, 6.45) is 2.59. The van der Waals surface area contributed by atoms with Gasteiger partial charge in [0.15, 0.2) is 11.5 Å². The van der Waals surface area contributed by atoms with E-state index in [9.17, 15) is 88.4 Å². The van der Waals surface area contributed by atoms with Crippen LogP contribution in [0.1, 0.15) is 229 Å². The summed E-state index contributed by atoms with van der Waals surface area (Å²) in [6.45, 7) is 29.0. The Hall–Kier alpha value is -13.2. The predicted octanol–water partition coefficient (Wildman–Crippen LogP) is 12.5. The second-order valence-electron chi connectivity index (χ2n) is 41.5. The quantitative estimate of drug-likeness (QED) is 0.0290. The van der Waals surface area contributed by atoms with E-state index >= 15 is 0 Å². The monoisotopic (exact) mass is 2090 g/mol. The highest BCUT2D eigenvalue weighted by molar-refractivity contribution is 6.37. The third-order valence-corrected chi connectivity index (χ3v) is 26.9. The summed E-state index contributed by atoms with van der Waals surface area (Å²) in [5, 5.41) is 68.0. The van der Waals surface area contributed by atoms with Gasteiger partial charge in [0.05, 0.1) is 113 Å². The minimum Gasteiger partial charge on any atom is -0.618 e. The van der Waals surface area contributed by atoms with Crippen LogP contribution >= 0.6 is 23.2 Å². The number of pyridine rings is 4. The fraction of sp³-hybridized carbons (Fsp3) is 0.538. The van der Waals surface area contributed by atoms with Gasteiger partial charge >= 0.3 is 72.1 Å². The summed E-state index contributed by atoms with van der Waals surface area (Å²) in [5.74, 6) is -2.52. The number of rotatable bonds is 12.